The van der Waals surface area contributed by atoms with E-state index in [2.05, 4.69) is 0 Å². The fraction of sp³-hybridized carbons (Fsp3) is 0.333. The Bertz CT molecular complexity index is 789. The number of hydrogen-bond donors (Lipinski definition) is 1. The molecule has 0 radical (unpaired) electrons. The molecule has 1 heterocycles. The Balaban J connectivity index is 2.79. The summed E-state index contributed by atoms with van der Waals surface area (Å²) in [6.07, 6.45) is 0.409. The average molecular weight is 344 g/mol. The summed E-state index contributed by atoms with van der Waals surface area (Å²) < 4.78 is 21.1. The number of benzene rings is 1. The first kappa shape index (κ1) is 18.2. The van der Waals surface area contributed by atoms with Crippen LogP contribution in [0.1, 0.15) is 24.8 Å². The number of rotatable bonds is 5. The standard InChI is InChI=1S/C18H20N2O5/c1-5-13-16(18(21)24-4)15(12(9-19)17(20)25-13)11-8-10(22-2)6-7-14(11)23-3/h6-8,15H,5,20H2,1-4H3/t15-/m0/s1. The topological polar surface area (TPSA) is 104 Å². The van der Waals surface area contributed by atoms with Gasteiger partial charge in [-0.1, -0.05) is 6.92 Å². The number of allylic oxidation sites excluding steroid dienone is 2. The highest BCUT2D eigenvalue weighted by atomic mass is 16.5. The molecule has 7 heteroatoms. The number of ether oxygens (including phenoxy) is 4. The summed E-state index contributed by atoms with van der Waals surface area (Å²) in [5.41, 5.74) is 6.83. The van der Waals surface area contributed by atoms with Crippen LogP contribution in [0.3, 0.4) is 0 Å². The van der Waals surface area contributed by atoms with Crippen molar-refractivity contribution >= 4 is 5.97 Å². The van der Waals surface area contributed by atoms with Gasteiger partial charge in [0.25, 0.3) is 0 Å². The van der Waals surface area contributed by atoms with Crippen molar-refractivity contribution in [2.24, 2.45) is 5.73 Å². The Morgan fingerprint density at radius 3 is 2.56 bits per heavy atom. The number of esters is 1. The second-order valence-corrected chi connectivity index (χ2v) is 5.21. The van der Waals surface area contributed by atoms with Crippen molar-refractivity contribution in [2.75, 3.05) is 21.3 Å². The molecule has 0 amide bonds. The molecule has 2 N–H and O–H groups in total. The van der Waals surface area contributed by atoms with Gasteiger partial charge in [0.2, 0.25) is 5.88 Å². The molecule has 0 saturated heterocycles. The molecular weight excluding hydrogens is 324 g/mol. The Morgan fingerprint density at radius 2 is 2.04 bits per heavy atom. The number of nitrogens with zero attached hydrogens (tertiary/aromatic N) is 1. The summed E-state index contributed by atoms with van der Waals surface area (Å²) in [4.78, 5) is 12.4. The molecule has 0 aromatic heterocycles. The predicted molar refractivity (Wildman–Crippen MR) is 89.5 cm³/mol. The third-order valence-electron chi connectivity index (χ3n) is 3.97. The van der Waals surface area contributed by atoms with Gasteiger partial charge in [-0.3, -0.25) is 0 Å². The van der Waals surface area contributed by atoms with Crippen molar-refractivity contribution in [3.8, 4) is 17.6 Å². The highest BCUT2D eigenvalue weighted by Crippen LogP contribution is 2.44. The lowest BCUT2D eigenvalue weighted by molar-refractivity contribution is -0.136. The lowest BCUT2D eigenvalue weighted by Crippen LogP contribution is -2.26. The number of nitriles is 1. The number of carbonyl (C=O) groups excluding carboxylic acids is 1. The fourth-order valence-corrected chi connectivity index (χ4v) is 2.79. The number of nitrogens with two attached hydrogens (primary N) is 1. The second kappa shape index (κ2) is 7.62. The maximum absolute atomic E-state index is 12.4. The van der Waals surface area contributed by atoms with E-state index in [1.807, 2.05) is 13.0 Å². The van der Waals surface area contributed by atoms with Gasteiger partial charge in [0, 0.05) is 12.0 Å². The van der Waals surface area contributed by atoms with Crippen molar-refractivity contribution in [1.29, 1.82) is 5.26 Å². The summed E-state index contributed by atoms with van der Waals surface area (Å²) in [5.74, 6) is 0.00351. The van der Waals surface area contributed by atoms with E-state index in [9.17, 15) is 10.1 Å². The summed E-state index contributed by atoms with van der Waals surface area (Å²) in [5, 5.41) is 9.60. The van der Waals surface area contributed by atoms with E-state index in [1.54, 1.807) is 18.2 Å². The lowest BCUT2D eigenvalue weighted by atomic mass is 9.82. The molecule has 1 aromatic carbocycles. The van der Waals surface area contributed by atoms with E-state index < -0.39 is 11.9 Å². The van der Waals surface area contributed by atoms with Gasteiger partial charge in [0.05, 0.1) is 32.8 Å². The molecule has 0 spiro atoms. The van der Waals surface area contributed by atoms with Crippen molar-refractivity contribution in [3.05, 3.63) is 46.6 Å². The minimum absolute atomic E-state index is 0.0399. The van der Waals surface area contributed by atoms with Crippen LogP contribution in [-0.2, 0) is 14.3 Å². The monoisotopic (exact) mass is 344 g/mol. The molecular formula is C18H20N2O5. The second-order valence-electron chi connectivity index (χ2n) is 5.21. The molecule has 1 aliphatic heterocycles. The van der Waals surface area contributed by atoms with Crippen LogP contribution in [0.5, 0.6) is 11.5 Å². The van der Waals surface area contributed by atoms with Crippen LogP contribution in [-0.4, -0.2) is 27.3 Å². The minimum Gasteiger partial charge on any atom is -0.497 e. The molecule has 1 aliphatic rings. The molecule has 0 saturated carbocycles. The minimum atomic E-state index is -0.772. The largest absolute Gasteiger partial charge is 0.497 e. The van der Waals surface area contributed by atoms with Gasteiger partial charge in [0.1, 0.15) is 28.9 Å². The van der Waals surface area contributed by atoms with Crippen molar-refractivity contribution in [2.45, 2.75) is 19.3 Å². The molecule has 25 heavy (non-hydrogen) atoms. The number of hydrogen-bond acceptors (Lipinski definition) is 7. The zero-order chi connectivity index (χ0) is 18.6. The lowest BCUT2D eigenvalue weighted by Gasteiger charge is -2.28. The predicted octanol–water partition coefficient (Wildman–Crippen LogP) is 2.35. The Kier molecular flexibility index (Phi) is 5.55. The van der Waals surface area contributed by atoms with E-state index in [-0.39, 0.29) is 17.0 Å². The normalized spacial score (nSPS) is 16.8. The van der Waals surface area contributed by atoms with E-state index in [0.29, 0.717) is 29.2 Å². The van der Waals surface area contributed by atoms with Crippen LogP contribution in [0.15, 0.2) is 41.0 Å². The van der Waals surface area contributed by atoms with Gasteiger partial charge in [-0.05, 0) is 18.2 Å². The van der Waals surface area contributed by atoms with Gasteiger partial charge in [-0.15, -0.1) is 0 Å². The highest BCUT2D eigenvalue weighted by molar-refractivity contribution is 5.92. The van der Waals surface area contributed by atoms with Gasteiger partial charge >= 0.3 is 5.97 Å². The molecule has 0 fully saturated rings. The third kappa shape index (κ3) is 3.24. The fourth-order valence-electron chi connectivity index (χ4n) is 2.79. The zero-order valence-corrected chi connectivity index (χ0v) is 14.6. The summed E-state index contributed by atoms with van der Waals surface area (Å²) in [6, 6.07) is 7.17. The molecule has 2 rings (SSSR count). The zero-order valence-electron chi connectivity index (χ0n) is 14.6. The summed E-state index contributed by atoms with van der Waals surface area (Å²) in [6.45, 7) is 1.82. The van der Waals surface area contributed by atoms with Crippen LogP contribution in [0.4, 0.5) is 0 Å². The molecule has 132 valence electrons. The average Bonchev–Trinajstić information content (AvgIpc) is 2.65. The smallest absolute Gasteiger partial charge is 0.338 e. The van der Waals surface area contributed by atoms with Crippen LogP contribution in [0, 0.1) is 11.3 Å². The van der Waals surface area contributed by atoms with Crippen LogP contribution >= 0.6 is 0 Å². The molecule has 0 bridgehead atoms. The number of methoxy groups -OCH3 is 3. The van der Waals surface area contributed by atoms with Crippen LogP contribution in [0.2, 0.25) is 0 Å². The van der Waals surface area contributed by atoms with Crippen molar-refractivity contribution < 1.29 is 23.7 Å². The Labute approximate surface area is 146 Å². The van der Waals surface area contributed by atoms with E-state index in [0.717, 1.165) is 0 Å². The molecule has 1 atom stereocenters. The van der Waals surface area contributed by atoms with Crippen molar-refractivity contribution in [1.82, 2.24) is 0 Å². The Hall–Kier alpha value is -3.14. The van der Waals surface area contributed by atoms with E-state index in [4.69, 9.17) is 24.7 Å². The maximum atomic E-state index is 12.4. The Morgan fingerprint density at radius 1 is 1.32 bits per heavy atom. The summed E-state index contributed by atoms with van der Waals surface area (Å²) >= 11 is 0. The molecule has 7 nitrogen and oxygen atoms in total. The van der Waals surface area contributed by atoms with Crippen LogP contribution in [0.25, 0.3) is 0 Å². The van der Waals surface area contributed by atoms with Gasteiger partial charge in [0.15, 0.2) is 0 Å². The third-order valence-corrected chi connectivity index (χ3v) is 3.97. The van der Waals surface area contributed by atoms with Gasteiger partial charge < -0.3 is 24.7 Å². The first-order valence-corrected chi connectivity index (χ1v) is 7.63. The number of carbonyl (C=O) groups is 1. The van der Waals surface area contributed by atoms with Gasteiger partial charge in [-0.25, -0.2) is 4.79 Å². The highest BCUT2D eigenvalue weighted by Gasteiger charge is 2.38. The first-order valence-electron chi connectivity index (χ1n) is 7.63. The molecule has 0 aliphatic carbocycles. The van der Waals surface area contributed by atoms with E-state index >= 15 is 0 Å². The first-order chi connectivity index (χ1) is 12.0. The summed E-state index contributed by atoms with van der Waals surface area (Å²) in [7, 11) is 4.31. The quantitative estimate of drug-likeness (QED) is 0.818. The maximum Gasteiger partial charge on any atom is 0.338 e. The SMILES string of the molecule is CCC1=C(C(=O)OC)[C@@H](c2cc(OC)ccc2OC)C(C#N)=C(N)O1. The van der Waals surface area contributed by atoms with Crippen molar-refractivity contribution in [3.63, 3.8) is 0 Å². The molecule has 1 aromatic rings. The van der Waals surface area contributed by atoms with E-state index in [1.165, 1.54) is 21.3 Å². The van der Waals surface area contributed by atoms with Crippen LogP contribution < -0.4 is 15.2 Å². The van der Waals surface area contributed by atoms with Gasteiger partial charge in [-0.2, -0.15) is 5.26 Å². The molecule has 0 unspecified atom stereocenters.